The van der Waals surface area contributed by atoms with E-state index in [1.165, 1.54) is 12.8 Å². The van der Waals surface area contributed by atoms with Crippen molar-refractivity contribution in [3.05, 3.63) is 23.7 Å². The van der Waals surface area contributed by atoms with Crippen LogP contribution < -0.4 is 5.32 Å². The molecule has 132 valence electrons. The molecular weight excluding hydrogens is 304 g/mol. The van der Waals surface area contributed by atoms with Gasteiger partial charge in [0.1, 0.15) is 11.5 Å². The van der Waals surface area contributed by atoms with E-state index in [-0.39, 0.29) is 12.0 Å². The van der Waals surface area contributed by atoms with E-state index in [1.807, 2.05) is 13.0 Å². The first kappa shape index (κ1) is 16.2. The molecule has 5 nitrogen and oxygen atoms in total. The van der Waals surface area contributed by atoms with Gasteiger partial charge in [-0.1, -0.05) is 0 Å². The van der Waals surface area contributed by atoms with Crippen molar-refractivity contribution in [2.75, 3.05) is 26.2 Å². The summed E-state index contributed by atoms with van der Waals surface area (Å²) in [6.07, 6.45) is 4.31. The lowest BCUT2D eigenvalue weighted by Gasteiger charge is -2.35. The van der Waals surface area contributed by atoms with Crippen molar-refractivity contribution in [3.63, 3.8) is 0 Å². The Hall–Kier alpha value is -1.33. The van der Waals surface area contributed by atoms with Crippen molar-refractivity contribution in [2.24, 2.45) is 17.8 Å². The SMILES string of the molecule is Cc1ccc(CN2CC[C@H]3[C@H](CO[C@H]3CC(=O)NCC3CC3)C2)o1. The number of furan rings is 1. The third-order valence-corrected chi connectivity index (χ3v) is 5.73. The van der Waals surface area contributed by atoms with Gasteiger partial charge in [-0.05, 0) is 56.7 Å². The van der Waals surface area contributed by atoms with Gasteiger partial charge in [-0.2, -0.15) is 0 Å². The lowest BCUT2D eigenvalue weighted by Crippen LogP contribution is -2.42. The van der Waals surface area contributed by atoms with E-state index in [0.29, 0.717) is 18.3 Å². The van der Waals surface area contributed by atoms with Crippen molar-refractivity contribution in [3.8, 4) is 0 Å². The second-order valence-corrected chi connectivity index (χ2v) is 7.78. The molecule has 4 rings (SSSR count). The van der Waals surface area contributed by atoms with E-state index in [4.69, 9.17) is 9.15 Å². The van der Waals surface area contributed by atoms with E-state index in [9.17, 15) is 4.79 Å². The van der Waals surface area contributed by atoms with Crippen LogP contribution in [0.25, 0.3) is 0 Å². The lowest BCUT2D eigenvalue weighted by molar-refractivity contribution is -0.123. The first-order chi connectivity index (χ1) is 11.7. The van der Waals surface area contributed by atoms with Gasteiger partial charge in [0.15, 0.2) is 0 Å². The summed E-state index contributed by atoms with van der Waals surface area (Å²) in [6.45, 7) is 6.62. The zero-order chi connectivity index (χ0) is 16.5. The van der Waals surface area contributed by atoms with E-state index in [1.54, 1.807) is 0 Å². The maximum Gasteiger partial charge on any atom is 0.222 e. The summed E-state index contributed by atoms with van der Waals surface area (Å²) in [4.78, 5) is 14.6. The second-order valence-electron chi connectivity index (χ2n) is 7.78. The van der Waals surface area contributed by atoms with Crippen LogP contribution in [-0.4, -0.2) is 43.2 Å². The van der Waals surface area contributed by atoms with Crippen LogP contribution in [0.2, 0.25) is 0 Å². The Morgan fingerprint density at radius 1 is 1.33 bits per heavy atom. The Morgan fingerprint density at radius 3 is 2.96 bits per heavy atom. The lowest BCUT2D eigenvalue weighted by atomic mass is 9.83. The first-order valence-corrected chi connectivity index (χ1v) is 9.33. The molecule has 2 aliphatic heterocycles. The normalized spacial score (nSPS) is 30.3. The highest BCUT2D eigenvalue weighted by Crippen LogP contribution is 2.36. The Labute approximate surface area is 143 Å². The van der Waals surface area contributed by atoms with Crippen LogP contribution in [0.1, 0.15) is 37.2 Å². The Kier molecular flexibility index (Phi) is 4.63. The maximum absolute atomic E-state index is 12.1. The van der Waals surface area contributed by atoms with Gasteiger partial charge < -0.3 is 14.5 Å². The molecule has 1 aliphatic carbocycles. The van der Waals surface area contributed by atoms with Gasteiger partial charge in [-0.25, -0.2) is 0 Å². The van der Waals surface area contributed by atoms with Crippen LogP contribution >= 0.6 is 0 Å². The predicted molar refractivity (Wildman–Crippen MR) is 90.4 cm³/mol. The highest BCUT2D eigenvalue weighted by Gasteiger charge is 2.41. The number of likely N-dealkylation sites (tertiary alicyclic amines) is 1. The number of rotatable bonds is 6. The van der Waals surface area contributed by atoms with Gasteiger partial charge in [0.25, 0.3) is 0 Å². The van der Waals surface area contributed by atoms with E-state index >= 15 is 0 Å². The minimum absolute atomic E-state index is 0.113. The van der Waals surface area contributed by atoms with Crippen molar-refractivity contribution in [2.45, 2.75) is 45.3 Å². The summed E-state index contributed by atoms with van der Waals surface area (Å²) in [5.41, 5.74) is 0. The van der Waals surface area contributed by atoms with E-state index in [2.05, 4.69) is 16.3 Å². The third kappa shape index (κ3) is 3.83. The Balaban J connectivity index is 1.25. The molecular formula is C19H28N2O3. The summed E-state index contributed by atoms with van der Waals surface area (Å²) in [6, 6.07) is 4.09. The molecule has 1 saturated carbocycles. The molecule has 3 aliphatic rings. The number of nitrogens with zero attached hydrogens (tertiary/aromatic N) is 1. The first-order valence-electron chi connectivity index (χ1n) is 9.33. The molecule has 3 atom stereocenters. The van der Waals surface area contributed by atoms with Crippen molar-refractivity contribution in [1.82, 2.24) is 10.2 Å². The van der Waals surface area contributed by atoms with Crippen LogP contribution in [-0.2, 0) is 16.1 Å². The van der Waals surface area contributed by atoms with Crippen LogP contribution in [0.5, 0.6) is 0 Å². The highest BCUT2D eigenvalue weighted by molar-refractivity contribution is 5.76. The second kappa shape index (κ2) is 6.89. The zero-order valence-corrected chi connectivity index (χ0v) is 14.5. The molecule has 1 aromatic heterocycles. The van der Waals surface area contributed by atoms with Crippen LogP contribution in [0.15, 0.2) is 16.5 Å². The molecule has 1 amide bonds. The minimum atomic E-state index is 0.113. The molecule has 1 N–H and O–H groups in total. The van der Waals surface area contributed by atoms with Gasteiger partial charge in [0.05, 0.1) is 25.7 Å². The average Bonchev–Trinajstić information content (AvgIpc) is 3.20. The minimum Gasteiger partial charge on any atom is -0.465 e. The van der Waals surface area contributed by atoms with Crippen molar-refractivity contribution < 1.29 is 13.9 Å². The molecule has 2 saturated heterocycles. The standard InChI is InChI=1S/C19H28N2O3/c1-13-2-5-16(24-13)11-21-7-6-17-15(10-21)12-23-18(17)8-19(22)20-9-14-3-4-14/h2,5,14-15,17-18H,3-4,6-12H2,1H3,(H,20,22)/t15-,17-,18-/m0/s1. The topological polar surface area (TPSA) is 54.7 Å². The smallest absolute Gasteiger partial charge is 0.222 e. The summed E-state index contributed by atoms with van der Waals surface area (Å²) in [5.74, 6) is 4.00. The number of carbonyl (C=O) groups is 1. The van der Waals surface area contributed by atoms with Crippen LogP contribution in [0.4, 0.5) is 0 Å². The van der Waals surface area contributed by atoms with Gasteiger partial charge in [-0.3, -0.25) is 9.69 Å². The molecule has 3 heterocycles. The number of ether oxygens (including phenoxy) is 1. The number of nitrogens with one attached hydrogen (secondary N) is 1. The predicted octanol–water partition coefficient (Wildman–Crippen LogP) is 2.34. The van der Waals surface area contributed by atoms with Gasteiger partial charge >= 0.3 is 0 Å². The summed E-state index contributed by atoms with van der Waals surface area (Å²) >= 11 is 0. The number of fused-ring (bicyclic) bond motifs is 1. The number of amides is 1. The number of piperidine rings is 1. The van der Waals surface area contributed by atoms with E-state index in [0.717, 1.165) is 56.6 Å². The van der Waals surface area contributed by atoms with Gasteiger partial charge in [-0.15, -0.1) is 0 Å². The highest BCUT2D eigenvalue weighted by atomic mass is 16.5. The maximum atomic E-state index is 12.1. The summed E-state index contributed by atoms with van der Waals surface area (Å²) < 4.78 is 11.7. The molecule has 1 aromatic rings. The van der Waals surface area contributed by atoms with E-state index < -0.39 is 0 Å². The summed E-state index contributed by atoms with van der Waals surface area (Å²) in [5, 5.41) is 3.07. The molecule has 5 heteroatoms. The van der Waals surface area contributed by atoms with Gasteiger partial charge in [0, 0.05) is 19.0 Å². The third-order valence-electron chi connectivity index (χ3n) is 5.73. The van der Waals surface area contributed by atoms with Crippen LogP contribution in [0, 0.1) is 24.7 Å². The fraction of sp³-hybridized carbons (Fsp3) is 0.737. The van der Waals surface area contributed by atoms with Gasteiger partial charge in [0.2, 0.25) is 5.91 Å². The number of aryl methyl sites for hydroxylation is 1. The van der Waals surface area contributed by atoms with Crippen molar-refractivity contribution in [1.29, 1.82) is 0 Å². The Morgan fingerprint density at radius 2 is 2.21 bits per heavy atom. The number of carbonyl (C=O) groups excluding carboxylic acids is 1. The average molecular weight is 332 g/mol. The van der Waals surface area contributed by atoms with Crippen LogP contribution in [0.3, 0.4) is 0 Å². The molecule has 3 fully saturated rings. The molecule has 0 radical (unpaired) electrons. The fourth-order valence-electron chi connectivity index (χ4n) is 4.14. The largest absolute Gasteiger partial charge is 0.465 e. The zero-order valence-electron chi connectivity index (χ0n) is 14.5. The number of hydrogen-bond acceptors (Lipinski definition) is 4. The fourth-order valence-corrected chi connectivity index (χ4v) is 4.14. The molecule has 24 heavy (non-hydrogen) atoms. The quantitative estimate of drug-likeness (QED) is 0.869. The number of hydrogen-bond donors (Lipinski definition) is 1. The monoisotopic (exact) mass is 332 g/mol. The molecule has 0 unspecified atom stereocenters. The van der Waals surface area contributed by atoms with Crippen molar-refractivity contribution >= 4 is 5.91 Å². The molecule has 0 spiro atoms. The Bertz CT molecular complexity index is 581. The summed E-state index contributed by atoms with van der Waals surface area (Å²) in [7, 11) is 0. The molecule has 0 bridgehead atoms. The molecule has 0 aromatic carbocycles.